The maximum absolute atomic E-state index is 12.6. The molecule has 1 N–H and O–H groups in total. The molecule has 2 aromatic rings. The summed E-state index contributed by atoms with van der Waals surface area (Å²) in [6, 6.07) is 9.86. The van der Waals surface area contributed by atoms with E-state index in [0.29, 0.717) is 18.5 Å². The summed E-state index contributed by atoms with van der Waals surface area (Å²) in [5.74, 6) is -1.11. The number of carbonyl (C=O) groups is 1. The van der Waals surface area contributed by atoms with Crippen LogP contribution in [-0.4, -0.2) is 41.9 Å². The Kier molecular flexibility index (Phi) is 4.14. The molecule has 1 fully saturated rings. The lowest BCUT2D eigenvalue weighted by Gasteiger charge is -2.17. The number of carboxylic acids is 1. The normalized spacial score (nSPS) is 18.9. The number of benzene rings is 1. The molecule has 3 rings (SSSR count). The Bertz CT molecular complexity index is 821. The Morgan fingerprint density at radius 3 is 2.70 bits per heavy atom. The second-order valence-electron chi connectivity index (χ2n) is 5.43. The van der Waals surface area contributed by atoms with Crippen LogP contribution >= 0.6 is 0 Å². The van der Waals surface area contributed by atoms with Crippen LogP contribution in [-0.2, 0) is 10.0 Å². The Balaban J connectivity index is 1.86. The van der Waals surface area contributed by atoms with Crippen molar-refractivity contribution in [2.45, 2.75) is 17.2 Å². The first kappa shape index (κ1) is 15.6. The van der Waals surface area contributed by atoms with E-state index in [1.807, 2.05) is 0 Å². The molecule has 1 aromatic heterocycles. The Labute approximate surface area is 134 Å². The van der Waals surface area contributed by atoms with Crippen molar-refractivity contribution in [3.8, 4) is 0 Å². The maximum Gasteiger partial charge on any atom is 0.335 e. The van der Waals surface area contributed by atoms with Crippen molar-refractivity contribution in [3.05, 3.63) is 59.9 Å². The summed E-state index contributed by atoms with van der Waals surface area (Å²) in [4.78, 5) is 15.4. The van der Waals surface area contributed by atoms with E-state index in [2.05, 4.69) is 4.98 Å². The first-order valence-electron chi connectivity index (χ1n) is 7.22. The molecule has 1 atom stereocenters. The number of aromatic carboxylic acids is 1. The van der Waals surface area contributed by atoms with Gasteiger partial charge >= 0.3 is 5.97 Å². The van der Waals surface area contributed by atoms with Gasteiger partial charge in [0.25, 0.3) is 0 Å². The van der Waals surface area contributed by atoms with Crippen molar-refractivity contribution in [1.29, 1.82) is 0 Å². The third-order valence-corrected chi connectivity index (χ3v) is 5.90. The third kappa shape index (κ3) is 2.97. The van der Waals surface area contributed by atoms with Gasteiger partial charge in [-0.2, -0.15) is 4.31 Å². The molecular formula is C16H16N2O4S. The van der Waals surface area contributed by atoms with Crippen molar-refractivity contribution in [2.75, 3.05) is 13.1 Å². The highest BCUT2D eigenvalue weighted by atomic mass is 32.2. The van der Waals surface area contributed by atoms with E-state index >= 15 is 0 Å². The second-order valence-corrected chi connectivity index (χ2v) is 7.37. The van der Waals surface area contributed by atoms with Gasteiger partial charge in [-0.1, -0.05) is 18.2 Å². The van der Waals surface area contributed by atoms with Crippen molar-refractivity contribution >= 4 is 16.0 Å². The molecule has 1 aliphatic heterocycles. The number of pyridine rings is 1. The predicted octanol–water partition coefficient (Wildman–Crippen LogP) is 1.96. The molecule has 1 aromatic carbocycles. The molecule has 0 radical (unpaired) electrons. The first-order chi connectivity index (χ1) is 11.0. The van der Waals surface area contributed by atoms with Crippen LogP contribution in [0.1, 0.15) is 28.3 Å². The lowest BCUT2D eigenvalue weighted by molar-refractivity contribution is 0.0695. The number of sulfonamides is 1. The summed E-state index contributed by atoms with van der Waals surface area (Å²) in [6.45, 7) is 0.650. The molecule has 7 heteroatoms. The smallest absolute Gasteiger partial charge is 0.335 e. The minimum absolute atomic E-state index is 0.117. The molecule has 0 bridgehead atoms. The van der Waals surface area contributed by atoms with Crippen LogP contribution in [0.25, 0.3) is 0 Å². The number of aromatic nitrogens is 1. The summed E-state index contributed by atoms with van der Waals surface area (Å²) in [5, 5.41) is 9.29. The summed E-state index contributed by atoms with van der Waals surface area (Å²) < 4.78 is 26.6. The van der Waals surface area contributed by atoms with Crippen molar-refractivity contribution in [2.24, 2.45) is 0 Å². The highest BCUT2D eigenvalue weighted by Crippen LogP contribution is 2.32. The first-order valence-corrected chi connectivity index (χ1v) is 8.66. The van der Waals surface area contributed by atoms with E-state index in [9.17, 15) is 18.3 Å². The fourth-order valence-electron chi connectivity index (χ4n) is 2.90. The summed E-state index contributed by atoms with van der Waals surface area (Å²) >= 11 is 0. The molecule has 6 nitrogen and oxygen atoms in total. The van der Waals surface area contributed by atoms with Crippen molar-refractivity contribution < 1.29 is 18.3 Å². The van der Waals surface area contributed by atoms with Gasteiger partial charge in [0.15, 0.2) is 0 Å². The lowest BCUT2D eigenvalue weighted by atomic mass is 9.93. The molecule has 0 unspecified atom stereocenters. The molecule has 2 heterocycles. The number of hydrogen-bond acceptors (Lipinski definition) is 4. The van der Waals surface area contributed by atoms with E-state index < -0.39 is 16.0 Å². The fraction of sp³-hybridized carbons (Fsp3) is 0.250. The van der Waals surface area contributed by atoms with Crippen LogP contribution in [0.3, 0.4) is 0 Å². The van der Waals surface area contributed by atoms with Gasteiger partial charge in [0.1, 0.15) is 4.90 Å². The maximum atomic E-state index is 12.6. The standard InChI is InChI=1S/C16H16N2O4S/c19-16(20)15-6-2-1-5-14(15)12-7-9-18(11-12)23(21,22)13-4-3-8-17-10-13/h1-6,8,10,12H,7,9,11H2,(H,19,20)/t12-/m0/s1. The van der Waals surface area contributed by atoms with Gasteiger partial charge in [0.05, 0.1) is 5.56 Å². The van der Waals surface area contributed by atoms with Gasteiger partial charge < -0.3 is 5.11 Å². The van der Waals surface area contributed by atoms with Crippen LogP contribution in [0.15, 0.2) is 53.7 Å². The van der Waals surface area contributed by atoms with Gasteiger partial charge in [-0.05, 0) is 36.1 Å². The number of carboxylic acid groups (broad SMARTS) is 1. The molecule has 120 valence electrons. The van der Waals surface area contributed by atoms with Gasteiger partial charge in [-0.25, -0.2) is 13.2 Å². The molecule has 0 spiro atoms. The van der Waals surface area contributed by atoms with Crippen LogP contribution in [0.5, 0.6) is 0 Å². The van der Waals surface area contributed by atoms with Crippen LogP contribution in [0.2, 0.25) is 0 Å². The Morgan fingerprint density at radius 1 is 1.22 bits per heavy atom. The zero-order valence-electron chi connectivity index (χ0n) is 12.3. The molecule has 0 aliphatic carbocycles. The van der Waals surface area contributed by atoms with E-state index in [4.69, 9.17) is 0 Å². The van der Waals surface area contributed by atoms with E-state index in [1.54, 1.807) is 30.3 Å². The van der Waals surface area contributed by atoms with Gasteiger partial charge in [0, 0.05) is 25.5 Å². The Hall–Kier alpha value is -2.25. The highest BCUT2D eigenvalue weighted by Gasteiger charge is 2.34. The molecular weight excluding hydrogens is 316 g/mol. The summed E-state index contributed by atoms with van der Waals surface area (Å²) in [5.41, 5.74) is 0.919. The molecule has 0 amide bonds. The fourth-order valence-corrected chi connectivity index (χ4v) is 4.36. The topological polar surface area (TPSA) is 87.6 Å². The number of nitrogens with zero attached hydrogens (tertiary/aromatic N) is 2. The molecule has 0 saturated carbocycles. The average molecular weight is 332 g/mol. The largest absolute Gasteiger partial charge is 0.478 e. The summed E-state index contributed by atoms with van der Waals surface area (Å²) in [7, 11) is -3.59. The highest BCUT2D eigenvalue weighted by molar-refractivity contribution is 7.89. The molecule has 1 aliphatic rings. The van der Waals surface area contributed by atoms with Gasteiger partial charge in [0.2, 0.25) is 10.0 Å². The minimum atomic E-state index is -3.59. The van der Waals surface area contributed by atoms with E-state index in [1.165, 1.54) is 22.8 Å². The zero-order valence-corrected chi connectivity index (χ0v) is 13.1. The van der Waals surface area contributed by atoms with E-state index in [-0.39, 0.29) is 22.9 Å². The number of hydrogen-bond donors (Lipinski definition) is 1. The molecule has 1 saturated heterocycles. The van der Waals surface area contributed by atoms with Crippen molar-refractivity contribution in [1.82, 2.24) is 9.29 Å². The van der Waals surface area contributed by atoms with Gasteiger partial charge in [-0.15, -0.1) is 0 Å². The lowest BCUT2D eigenvalue weighted by Crippen LogP contribution is -2.28. The minimum Gasteiger partial charge on any atom is -0.478 e. The average Bonchev–Trinajstić information content (AvgIpc) is 3.06. The summed E-state index contributed by atoms with van der Waals surface area (Å²) in [6.07, 6.45) is 3.45. The monoisotopic (exact) mass is 332 g/mol. The van der Waals surface area contributed by atoms with Crippen LogP contribution in [0.4, 0.5) is 0 Å². The molecule has 23 heavy (non-hydrogen) atoms. The van der Waals surface area contributed by atoms with Gasteiger partial charge in [-0.3, -0.25) is 4.98 Å². The Morgan fingerprint density at radius 2 is 2.00 bits per heavy atom. The van der Waals surface area contributed by atoms with E-state index in [0.717, 1.165) is 0 Å². The second kappa shape index (κ2) is 6.10. The van der Waals surface area contributed by atoms with Crippen molar-refractivity contribution in [3.63, 3.8) is 0 Å². The number of rotatable bonds is 4. The quantitative estimate of drug-likeness (QED) is 0.925. The zero-order chi connectivity index (χ0) is 16.4. The van der Waals surface area contributed by atoms with Crippen LogP contribution in [0, 0.1) is 0 Å². The predicted molar refractivity (Wildman–Crippen MR) is 83.8 cm³/mol. The van der Waals surface area contributed by atoms with Crippen LogP contribution < -0.4 is 0 Å². The SMILES string of the molecule is O=C(O)c1ccccc1[C@H]1CCN(S(=O)(=O)c2cccnc2)C1. The third-order valence-electron chi connectivity index (χ3n) is 4.05.